The quantitative estimate of drug-likeness (QED) is 0.854. The van der Waals surface area contributed by atoms with E-state index in [0.29, 0.717) is 11.5 Å². The van der Waals surface area contributed by atoms with Crippen LogP contribution in [0.5, 0.6) is 0 Å². The minimum atomic E-state index is -0.240. The van der Waals surface area contributed by atoms with Crippen LogP contribution in [-0.4, -0.2) is 20.7 Å². The average molecular weight is 230 g/mol. The van der Waals surface area contributed by atoms with E-state index in [1.807, 2.05) is 26.0 Å². The summed E-state index contributed by atoms with van der Waals surface area (Å²) in [6.07, 6.45) is 1.65. The Bertz CT molecular complexity index is 540. The van der Waals surface area contributed by atoms with Crippen LogP contribution in [0.2, 0.25) is 0 Å². The van der Waals surface area contributed by atoms with Gasteiger partial charge in [-0.25, -0.2) is 4.98 Å². The van der Waals surface area contributed by atoms with Gasteiger partial charge in [-0.05, 0) is 31.5 Å². The maximum atomic E-state index is 11.9. The topological polar surface area (TPSA) is 59.8 Å². The van der Waals surface area contributed by atoms with E-state index in [1.54, 1.807) is 24.0 Å². The molecule has 88 valence electrons. The van der Waals surface area contributed by atoms with Crippen molar-refractivity contribution in [2.24, 2.45) is 7.05 Å². The van der Waals surface area contributed by atoms with Crippen molar-refractivity contribution in [2.75, 3.05) is 5.32 Å². The summed E-state index contributed by atoms with van der Waals surface area (Å²) in [4.78, 5) is 16.0. The van der Waals surface area contributed by atoms with Crippen LogP contribution < -0.4 is 5.32 Å². The van der Waals surface area contributed by atoms with E-state index in [4.69, 9.17) is 0 Å². The molecule has 2 rings (SSSR count). The number of anilines is 1. The van der Waals surface area contributed by atoms with Crippen molar-refractivity contribution in [3.05, 3.63) is 41.3 Å². The number of aryl methyl sites for hydroxylation is 3. The first-order chi connectivity index (χ1) is 8.08. The molecule has 2 aromatic rings. The molecule has 0 spiro atoms. The summed E-state index contributed by atoms with van der Waals surface area (Å²) in [6.45, 7) is 3.79. The molecule has 0 fully saturated rings. The van der Waals surface area contributed by atoms with Crippen LogP contribution in [0, 0.1) is 13.8 Å². The van der Waals surface area contributed by atoms with Crippen LogP contribution in [0.25, 0.3) is 0 Å². The first-order valence-electron chi connectivity index (χ1n) is 5.31. The molecule has 5 nitrogen and oxygen atoms in total. The number of carbonyl (C=O) groups excluding carboxylic acids is 1. The zero-order valence-corrected chi connectivity index (χ0v) is 10.1. The third kappa shape index (κ3) is 2.33. The van der Waals surface area contributed by atoms with Crippen LogP contribution in [0.15, 0.2) is 24.4 Å². The van der Waals surface area contributed by atoms with E-state index in [9.17, 15) is 4.79 Å². The largest absolute Gasteiger partial charge is 0.305 e. The van der Waals surface area contributed by atoms with Crippen molar-refractivity contribution in [1.29, 1.82) is 0 Å². The molecule has 2 heterocycles. The first-order valence-corrected chi connectivity index (χ1v) is 5.31. The Labute approximate surface area is 99.5 Å². The number of nitrogens with zero attached hydrogens (tertiary/aromatic N) is 3. The third-order valence-corrected chi connectivity index (χ3v) is 2.59. The lowest BCUT2D eigenvalue weighted by Crippen LogP contribution is -2.14. The standard InChI is InChI=1S/C12H14N4O/c1-8-5-4-6-13-11(8)14-12(17)10-7-9(2)16(3)15-10/h4-7H,1-3H3,(H,13,14,17). The Morgan fingerprint density at radius 1 is 1.41 bits per heavy atom. The Morgan fingerprint density at radius 2 is 2.18 bits per heavy atom. The summed E-state index contributed by atoms with van der Waals surface area (Å²) in [5, 5.41) is 6.85. The fourth-order valence-corrected chi connectivity index (χ4v) is 1.46. The Kier molecular flexibility index (Phi) is 2.91. The molecule has 0 radical (unpaired) electrons. The van der Waals surface area contributed by atoms with Gasteiger partial charge in [0, 0.05) is 18.9 Å². The second-order valence-electron chi connectivity index (χ2n) is 3.92. The summed E-state index contributed by atoms with van der Waals surface area (Å²) in [5.74, 6) is 0.330. The normalized spacial score (nSPS) is 10.3. The predicted octanol–water partition coefficient (Wildman–Crippen LogP) is 1.68. The highest BCUT2D eigenvalue weighted by Gasteiger charge is 2.12. The molecule has 1 N–H and O–H groups in total. The van der Waals surface area contributed by atoms with E-state index >= 15 is 0 Å². The molecule has 0 saturated heterocycles. The Balaban J connectivity index is 2.20. The lowest BCUT2D eigenvalue weighted by atomic mass is 10.3. The minimum absolute atomic E-state index is 0.240. The molecular weight excluding hydrogens is 216 g/mol. The number of rotatable bonds is 2. The molecule has 5 heteroatoms. The highest BCUT2D eigenvalue weighted by Crippen LogP contribution is 2.11. The van der Waals surface area contributed by atoms with Gasteiger partial charge in [0.2, 0.25) is 0 Å². The van der Waals surface area contributed by atoms with E-state index in [1.165, 1.54) is 0 Å². The molecular formula is C12H14N4O. The van der Waals surface area contributed by atoms with Crippen molar-refractivity contribution < 1.29 is 4.79 Å². The lowest BCUT2D eigenvalue weighted by molar-refractivity contribution is 0.102. The summed E-state index contributed by atoms with van der Waals surface area (Å²) < 4.78 is 1.67. The minimum Gasteiger partial charge on any atom is -0.305 e. The van der Waals surface area contributed by atoms with Gasteiger partial charge in [0.15, 0.2) is 5.69 Å². The van der Waals surface area contributed by atoms with Gasteiger partial charge in [-0.2, -0.15) is 5.10 Å². The maximum absolute atomic E-state index is 11.9. The molecule has 0 unspecified atom stereocenters. The summed E-state index contributed by atoms with van der Waals surface area (Å²) in [7, 11) is 1.80. The van der Waals surface area contributed by atoms with Crippen LogP contribution >= 0.6 is 0 Å². The van der Waals surface area contributed by atoms with E-state index in [-0.39, 0.29) is 5.91 Å². The molecule has 0 aliphatic rings. The monoisotopic (exact) mass is 230 g/mol. The first kappa shape index (κ1) is 11.3. The van der Waals surface area contributed by atoms with Gasteiger partial charge < -0.3 is 5.32 Å². The number of hydrogen-bond acceptors (Lipinski definition) is 3. The number of hydrogen-bond donors (Lipinski definition) is 1. The fourth-order valence-electron chi connectivity index (χ4n) is 1.46. The number of amides is 1. The van der Waals surface area contributed by atoms with Gasteiger partial charge in [0.25, 0.3) is 5.91 Å². The number of pyridine rings is 1. The lowest BCUT2D eigenvalue weighted by Gasteiger charge is -2.04. The molecule has 0 saturated carbocycles. The van der Waals surface area contributed by atoms with Gasteiger partial charge in [-0.1, -0.05) is 6.07 Å². The van der Waals surface area contributed by atoms with Crippen LogP contribution in [-0.2, 0) is 7.05 Å². The van der Waals surface area contributed by atoms with Gasteiger partial charge in [-0.3, -0.25) is 9.48 Å². The second kappa shape index (κ2) is 4.37. The molecule has 1 amide bonds. The van der Waals surface area contributed by atoms with Crippen molar-refractivity contribution in [1.82, 2.24) is 14.8 Å². The Hall–Kier alpha value is -2.17. The molecule has 0 aliphatic carbocycles. The SMILES string of the molecule is Cc1cccnc1NC(=O)c1cc(C)n(C)n1. The fraction of sp³-hybridized carbons (Fsp3) is 0.250. The van der Waals surface area contributed by atoms with Gasteiger partial charge in [0.05, 0.1) is 0 Å². The predicted molar refractivity (Wildman–Crippen MR) is 64.9 cm³/mol. The van der Waals surface area contributed by atoms with Crippen molar-refractivity contribution in [3.63, 3.8) is 0 Å². The number of aromatic nitrogens is 3. The molecule has 17 heavy (non-hydrogen) atoms. The smallest absolute Gasteiger partial charge is 0.277 e. The van der Waals surface area contributed by atoms with Crippen LogP contribution in [0.4, 0.5) is 5.82 Å². The van der Waals surface area contributed by atoms with Crippen LogP contribution in [0.1, 0.15) is 21.7 Å². The zero-order chi connectivity index (χ0) is 12.4. The molecule has 0 bridgehead atoms. The van der Waals surface area contributed by atoms with Gasteiger partial charge >= 0.3 is 0 Å². The van der Waals surface area contributed by atoms with Crippen molar-refractivity contribution in [2.45, 2.75) is 13.8 Å². The summed E-state index contributed by atoms with van der Waals surface area (Å²) >= 11 is 0. The van der Waals surface area contributed by atoms with Gasteiger partial charge in [0.1, 0.15) is 5.82 Å². The summed E-state index contributed by atoms with van der Waals surface area (Å²) in [6, 6.07) is 5.47. The third-order valence-electron chi connectivity index (χ3n) is 2.59. The second-order valence-corrected chi connectivity index (χ2v) is 3.92. The van der Waals surface area contributed by atoms with Crippen molar-refractivity contribution >= 4 is 11.7 Å². The number of carbonyl (C=O) groups is 1. The van der Waals surface area contributed by atoms with Crippen LogP contribution in [0.3, 0.4) is 0 Å². The zero-order valence-electron chi connectivity index (χ0n) is 10.1. The molecule has 0 aromatic carbocycles. The highest BCUT2D eigenvalue weighted by molar-refractivity contribution is 6.02. The number of nitrogens with one attached hydrogen (secondary N) is 1. The highest BCUT2D eigenvalue weighted by atomic mass is 16.2. The Morgan fingerprint density at radius 3 is 2.76 bits per heavy atom. The maximum Gasteiger partial charge on any atom is 0.277 e. The van der Waals surface area contributed by atoms with E-state index in [0.717, 1.165) is 11.3 Å². The molecule has 2 aromatic heterocycles. The summed E-state index contributed by atoms with van der Waals surface area (Å²) in [5.41, 5.74) is 2.26. The van der Waals surface area contributed by atoms with Gasteiger partial charge in [-0.15, -0.1) is 0 Å². The average Bonchev–Trinajstić information content (AvgIpc) is 2.63. The van der Waals surface area contributed by atoms with E-state index in [2.05, 4.69) is 15.4 Å². The van der Waals surface area contributed by atoms with Crippen molar-refractivity contribution in [3.8, 4) is 0 Å². The van der Waals surface area contributed by atoms with E-state index < -0.39 is 0 Å². The molecule has 0 atom stereocenters. The molecule has 0 aliphatic heterocycles.